The van der Waals surface area contributed by atoms with E-state index in [0.717, 1.165) is 5.69 Å². The summed E-state index contributed by atoms with van der Waals surface area (Å²) >= 11 is 11.9. The third kappa shape index (κ3) is 2.33. The zero-order valence-corrected chi connectivity index (χ0v) is 11.7. The maximum absolute atomic E-state index is 6.00. The first kappa shape index (κ1) is 12.9. The lowest BCUT2D eigenvalue weighted by Crippen LogP contribution is -1.95. The van der Waals surface area contributed by atoms with Crippen molar-refractivity contribution in [2.24, 2.45) is 0 Å². The van der Waals surface area contributed by atoms with Gasteiger partial charge in [-0.05, 0) is 18.2 Å². The number of rotatable bonds is 2. The lowest BCUT2D eigenvalue weighted by Gasteiger charge is -2.02. The van der Waals surface area contributed by atoms with Crippen LogP contribution in [0, 0.1) is 0 Å². The van der Waals surface area contributed by atoms with E-state index in [9.17, 15) is 0 Å². The topological polar surface area (TPSA) is 69.6 Å². The number of hydrogen-bond acceptors (Lipinski definition) is 4. The maximum atomic E-state index is 6.00. The van der Waals surface area contributed by atoms with Crippen molar-refractivity contribution < 1.29 is 0 Å². The van der Waals surface area contributed by atoms with Gasteiger partial charge in [-0.25, -0.2) is 4.68 Å². The van der Waals surface area contributed by atoms with E-state index in [1.165, 1.54) is 0 Å². The van der Waals surface area contributed by atoms with Crippen LogP contribution in [-0.2, 0) is 0 Å². The van der Waals surface area contributed by atoms with E-state index in [4.69, 9.17) is 28.9 Å². The molecule has 0 spiro atoms. The molecule has 0 aliphatic rings. The number of nitrogens with zero attached hydrogens (tertiary/aromatic N) is 4. The van der Waals surface area contributed by atoms with Crippen molar-refractivity contribution in [3.8, 4) is 17.1 Å². The van der Waals surface area contributed by atoms with E-state index in [2.05, 4.69) is 15.1 Å². The van der Waals surface area contributed by atoms with E-state index in [0.29, 0.717) is 27.1 Å². The second-order valence-electron chi connectivity index (χ2n) is 4.07. The van der Waals surface area contributed by atoms with Gasteiger partial charge in [0.1, 0.15) is 11.4 Å². The molecule has 20 heavy (non-hydrogen) atoms. The Morgan fingerprint density at radius 2 is 1.95 bits per heavy atom. The largest absolute Gasteiger partial charge is 0.396 e. The molecular formula is C13H9Cl2N5. The number of nitrogens with two attached hydrogens (primary N) is 1. The first-order valence-electron chi connectivity index (χ1n) is 5.72. The predicted octanol–water partition coefficient (Wildman–Crippen LogP) is 3.22. The second kappa shape index (κ2) is 5.11. The van der Waals surface area contributed by atoms with E-state index in [-0.39, 0.29) is 0 Å². The summed E-state index contributed by atoms with van der Waals surface area (Å²) in [6.07, 6.45) is 6.49. The van der Waals surface area contributed by atoms with Gasteiger partial charge in [0.25, 0.3) is 0 Å². The highest BCUT2D eigenvalue weighted by Crippen LogP contribution is 2.27. The van der Waals surface area contributed by atoms with Crippen molar-refractivity contribution in [1.29, 1.82) is 0 Å². The smallest absolute Gasteiger partial charge is 0.136 e. The average Bonchev–Trinajstić information content (AvgIpc) is 2.85. The molecule has 2 heterocycles. The molecule has 5 nitrogen and oxygen atoms in total. The second-order valence-corrected chi connectivity index (χ2v) is 4.88. The molecule has 2 aromatic heterocycles. The van der Waals surface area contributed by atoms with E-state index >= 15 is 0 Å². The van der Waals surface area contributed by atoms with Gasteiger partial charge in [0.2, 0.25) is 0 Å². The van der Waals surface area contributed by atoms with Crippen molar-refractivity contribution in [2.75, 3.05) is 5.73 Å². The Balaban J connectivity index is 2.06. The van der Waals surface area contributed by atoms with Crippen LogP contribution < -0.4 is 5.73 Å². The molecule has 0 unspecified atom stereocenters. The van der Waals surface area contributed by atoms with Gasteiger partial charge in [-0.2, -0.15) is 5.10 Å². The quantitative estimate of drug-likeness (QED) is 0.789. The first-order chi connectivity index (χ1) is 9.65. The fourth-order valence-corrected chi connectivity index (χ4v) is 2.06. The van der Waals surface area contributed by atoms with Gasteiger partial charge in [-0.3, -0.25) is 9.97 Å². The van der Waals surface area contributed by atoms with Crippen LogP contribution in [0.5, 0.6) is 0 Å². The Bertz CT molecular complexity index is 755. The normalized spacial score (nSPS) is 10.7. The van der Waals surface area contributed by atoms with Crippen LogP contribution in [0.3, 0.4) is 0 Å². The van der Waals surface area contributed by atoms with Gasteiger partial charge in [-0.15, -0.1) is 0 Å². The summed E-state index contributed by atoms with van der Waals surface area (Å²) in [5, 5.41) is 5.36. The molecule has 0 bridgehead atoms. The molecule has 0 amide bonds. The summed E-state index contributed by atoms with van der Waals surface area (Å²) in [6.45, 7) is 0. The highest BCUT2D eigenvalue weighted by atomic mass is 35.5. The fraction of sp³-hybridized carbons (Fsp3) is 0. The Morgan fingerprint density at radius 1 is 1.10 bits per heavy atom. The molecular weight excluding hydrogens is 297 g/mol. The van der Waals surface area contributed by atoms with Gasteiger partial charge >= 0.3 is 0 Å². The predicted molar refractivity (Wildman–Crippen MR) is 79.0 cm³/mol. The molecule has 7 heteroatoms. The minimum atomic E-state index is 0.458. The van der Waals surface area contributed by atoms with Crippen LogP contribution in [0.1, 0.15) is 0 Å². The van der Waals surface area contributed by atoms with Crippen LogP contribution in [0.4, 0.5) is 5.69 Å². The highest BCUT2D eigenvalue weighted by Gasteiger charge is 2.11. The number of anilines is 1. The highest BCUT2D eigenvalue weighted by molar-refractivity contribution is 6.42. The molecule has 0 radical (unpaired) electrons. The number of nitrogen functional groups attached to an aromatic ring is 1. The third-order valence-electron chi connectivity index (χ3n) is 2.72. The monoisotopic (exact) mass is 305 g/mol. The molecule has 0 fully saturated rings. The summed E-state index contributed by atoms with van der Waals surface area (Å²) in [5.74, 6) is 0. The molecule has 2 N–H and O–H groups in total. The van der Waals surface area contributed by atoms with Crippen molar-refractivity contribution in [3.63, 3.8) is 0 Å². The van der Waals surface area contributed by atoms with Gasteiger partial charge in [0.05, 0.1) is 33.8 Å². The summed E-state index contributed by atoms with van der Waals surface area (Å²) in [7, 11) is 0. The lowest BCUT2D eigenvalue weighted by molar-refractivity contribution is 0.882. The van der Waals surface area contributed by atoms with Crippen molar-refractivity contribution in [3.05, 3.63) is 53.0 Å². The molecule has 3 rings (SSSR count). The maximum Gasteiger partial charge on any atom is 0.136 e. The average molecular weight is 306 g/mol. The first-order valence-corrected chi connectivity index (χ1v) is 6.47. The zero-order chi connectivity index (χ0) is 14.1. The number of hydrogen-bond donors (Lipinski definition) is 1. The summed E-state index contributed by atoms with van der Waals surface area (Å²) in [5.41, 5.74) is 8.43. The third-order valence-corrected chi connectivity index (χ3v) is 3.46. The molecule has 0 saturated carbocycles. The van der Waals surface area contributed by atoms with Crippen LogP contribution in [0.25, 0.3) is 17.1 Å². The van der Waals surface area contributed by atoms with E-state index in [1.807, 2.05) is 0 Å². The Hall–Kier alpha value is -2.11. The van der Waals surface area contributed by atoms with Crippen LogP contribution in [0.2, 0.25) is 10.0 Å². The molecule has 0 atom stereocenters. The standard InChI is InChI=1S/C13H9Cl2N5/c14-9-2-1-8(5-10(9)15)20-7-11(16)13(19-20)12-6-17-3-4-18-12/h1-7H,16H2. The fourth-order valence-electron chi connectivity index (χ4n) is 1.77. The molecule has 3 aromatic rings. The Labute approximate surface area is 125 Å². The Morgan fingerprint density at radius 3 is 2.65 bits per heavy atom. The van der Waals surface area contributed by atoms with Crippen LogP contribution in [-0.4, -0.2) is 19.7 Å². The number of aromatic nitrogens is 4. The number of halogens is 2. The minimum Gasteiger partial charge on any atom is -0.396 e. The summed E-state index contributed by atoms with van der Waals surface area (Å²) < 4.78 is 1.63. The van der Waals surface area contributed by atoms with Crippen molar-refractivity contribution in [1.82, 2.24) is 19.7 Å². The summed E-state index contributed by atoms with van der Waals surface area (Å²) in [4.78, 5) is 8.19. The number of benzene rings is 1. The van der Waals surface area contributed by atoms with Gasteiger partial charge in [-0.1, -0.05) is 23.2 Å². The van der Waals surface area contributed by atoms with E-state index in [1.54, 1.807) is 47.7 Å². The van der Waals surface area contributed by atoms with Crippen LogP contribution in [0.15, 0.2) is 43.0 Å². The van der Waals surface area contributed by atoms with Gasteiger partial charge in [0, 0.05) is 12.4 Å². The van der Waals surface area contributed by atoms with Gasteiger partial charge in [0.15, 0.2) is 0 Å². The zero-order valence-electron chi connectivity index (χ0n) is 10.2. The van der Waals surface area contributed by atoms with Crippen molar-refractivity contribution >= 4 is 28.9 Å². The van der Waals surface area contributed by atoms with Gasteiger partial charge < -0.3 is 5.73 Å². The van der Waals surface area contributed by atoms with Crippen LogP contribution >= 0.6 is 23.2 Å². The lowest BCUT2D eigenvalue weighted by atomic mass is 10.3. The SMILES string of the molecule is Nc1cn(-c2ccc(Cl)c(Cl)c2)nc1-c1cnccn1. The van der Waals surface area contributed by atoms with Crippen molar-refractivity contribution in [2.45, 2.75) is 0 Å². The molecule has 100 valence electrons. The molecule has 0 saturated heterocycles. The molecule has 0 aliphatic heterocycles. The molecule has 0 aliphatic carbocycles. The van der Waals surface area contributed by atoms with E-state index < -0.39 is 0 Å². The molecule has 1 aromatic carbocycles. The summed E-state index contributed by atoms with van der Waals surface area (Å²) in [6, 6.07) is 5.23. The minimum absolute atomic E-state index is 0.458. The Kier molecular flexibility index (Phi) is 3.30.